The number of Topliss-reactive ketones (excluding diaryl/α,β-unsaturated/α-hetero) is 1. The summed E-state index contributed by atoms with van der Waals surface area (Å²) in [5.41, 5.74) is 0.890. The molecule has 9 nitrogen and oxygen atoms in total. The van der Waals surface area contributed by atoms with E-state index in [1.54, 1.807) is 103 Å². The highest BCUT2D eigenvalue weighted by Gasteiger charge is 2.43. The van der Waals surface area contributed by atoms with Crippen LogP contribution in [0, 0.1) is 0 Å². The molecule has 0 N–H and O–H groups in total. The van der Waals surface area contributed by atoms with Crippen molar-refractivity contribution in [3.8, 4) is 0 Å². The molecule has 5 aromatic rings. The van der Waals surface area contributed by atoms with Crippen LogP contribution in [-0.2, 0) is 18.9 Å². The van der Waals surface area contributed by atoms with Gasteiger partial charge in [0.1, 0.15) is 6.10 Å². The molecule has 5 aromatic carbocycles. The Labute approximate surface area is 283 Å². The molecule has 0 aromatic heterocycles. The molecule has 49 heavy (non-hydrogen) atoms. The van der Waals surface area contributed by atoms with Crippen molar-refractivity contribution in [2.75, 3.05) is 6.61 Å². The highest BCUT2D eigenvalue weighted by atomic mass is 16.6. The number of carbonyl (C=O) groups excluding carboxylic acids is 5. The van der Waals surface area contributed by atoms with Gasteiger partial charge in [-0.3, -0.25) is 4.79 Å². The van der Waals surface area contributed by atoms with Gasteiger partial charge >= 0.3 is 23.9 Å². The molecule has 0 fully saturated rings. The Morgan fingerprint density at radius 2 is 0.755 bits per heavy atom. The lowest BCUT2D eigenvalue weighted by Gasteiger charge is -2.32. The molecular formula is C40H32O9. The Hall–Kier alpha value is -6.35. The van der Waals surface area contributed by atoms with Crippen LogP contribution in [0.1, 0.15) is 58.2 Å². The van der Waals surface area contributed by atoms with E-state index in [4.69, 9.17) is 18.9 Å². The lowest BCUT2D eigenvalue weighted by atomic mass is 9.96. The lowest BCUT2D eigenvalue weighted by Crippen LogP contribution is -2.49. The molecule has 0 amide bonds. The Morgan fingerprint density at radius 1 is 0.408 bits per heavy atom. The van der Waals surface area contributed by atoms with E-state index in [9.17, 15) is 24.0 Å². The molecule has 5 rings (SSSR count). The van der Waals surface area contributed by atoms with Crippen molar-refractivity contribution in [1.29, 1.82) is 0 Å². The molecule has 0 aliphatic rings. The summed E-state index contributed by atoms with van der Waals surface area (Å²) < 4.78 is 23.2. The number of esters is 4. The molecule has 0 aliphatic carbocycles. The third-order valence-corrected chi connectivity index (χ3v) is 7.39. The zero-order valence-corrected chi connectivity index (χ0v) is 26.3. The zero-order valence-electron chi connectivity index (χ0n) is 26.3. The smallest absolute Gasteiger partial charge is 0.338 e. The van der Waals surface area contributed by atoms with Crippen LogP contribution < -0.4 is 0 Å². The summed E-state index contributed by atoms with van der Waals surface area (Å²) in [6.45, 7) is -0.307. The molecule has 3 atom stereocenters. The normalized spacial score (nSPS) is 12.4. The van der Waals surface area contributed by atoms with E-state index < -0.39 is 48.0 Å². The Morgan fingerprint density at radius 3 is 1.18 bits per heavy atom. The molecule has 0 saturated carbocycles. The van der Waals surface area contributed by atoms with Gasteiger partial charge in [0.25, 0.3) is 0 Å². The number of hydrogen-bond acceptors (Lipinski definition) is 9. The fourth-order valence-electron chi connectivity index (χ4n) is 4.89. The van der Waals surface area contributed by atoms with E-state index in [1.165, 1.54) is 48.5 Å². The van der Waals surface area contributed by atoms with Gasteiger partial charge in [-0.15, -0.1) is 0 Å². The van der Waals surface area contributed by atoms with Crippen molar-refractivity contribution in [1.82, 2.24) is 0 Å². The second-order valence-electron chi connectivity index (χ2n) is 10.8. The number of rotatable bonds is 14. The zero-order chi connectivity index (χ0) is 34.4. The quantitative estimate of drug-likeness (QED) is 0.0722. The molecular weight excluding hydrogens is 624 g/mol. The average molecular weight is 657 g/mol. The van der Waals surface area contributed by atoms with E-state index >= 15 is 0 Å². The number of ketones is 1. The minimum atomic E-state index is -1.79. The SMILES string of the molecule is O=C(OCC[C@@H](OC(=O)c1ccccc1)[C@H](OC(=O)c1ccccc1)[C@@H](OC(=O)c1ccccc1)C(=O)c1ccccc1)c1ccccc1. The molecule has 0 bridgehead atoms. The van der Waals surface area contributed by atoms with Gasteiger partial charge in [-0.1, -0.05) is 103 Å². The summed E-state index contributed by atoms with van der Waals surface area (Å²) >= 11 is 0. The van der Waals surface area contributed by atoms with Crippen molar-refractivity contribution in [3.63, 3.8) is 0 Å². The topological polar surface area (TPSA) is 122 Å². The van der Waals surface area contributed by atoms with Crippen LogP contribution in [-0.4, -0.2) is 54.6 Å². The first-order valence-electron chi connectivity index (χ1n) is 15.5. The highest BCUT2D eigenvalue weighted by Crippen LogP contribution is 2.24. The Kier molecular flexibility index (Phi) is 11.8. The molecule has 0 spiro atoms. The van der Waals surface area contributed by atoms with Crippen LogP contribution in [0.15, 0.2) is 152 Å². The van der Waals surface area contributed by atoms with Gasteiger partial charge in [0.15, 0.2) is 6.10 Å². The van der Waals surface area contributed by atoms with Crippen LogP contribution in [0.4, 0.5) is 0 Å². The first-order valence-corrected chi connectivity index (χ1v) is 15.5. The fourth-order valence-corrected chi connectivity index (χ4v) is 4.89. The van der Waals surface area contributed by atoms with Crippen LogP contribution in [0.3, 0.4) is 0 Å². The lowest BCUT2D eigenvalue weighted by molar-refractivity contribution is -0.0831. The third kappa shape index (κ3) is 9.36. The largest absolute Gasteiger partial charge is 0.462 e. The van der Waals surface area contributed by atoms with Gasteiger partial charge in [0, 0.05) is 12.0 Å². The predicted octanol–water partition coefficient (Wildman–Crippen LogP) is 6.79. The van der Waals surface area contributed by atoms with E-state index in [1.807, 2.05) is 0 Å². The summed E-state index contributed by atoms with van der Waals surface area (Å²) in [6.07, 6.45) is -5.15. The number of carbonyl (C=O) groups is 5. The van der Waals surface area contributed by atoms with E-state index in [2.05, 4.69) is 0 Å². The average Bonchev–Trinajstić information content (AvgIpc) is 3.17. The van der Waals surface area contributed by atoms with Crippen molar-refractivity contribution in [3.05, 3.63) is 179 Å². The molecule has 0 unspecified atom stereocenters. The minimum Gasteiger partial charge on any atom is -0.462 e. The Balaban J connectivity index is 1.55. The van der Waals surface area contributed by atoms with Gasteiger partial charge < -0.3 is 18.9 Å². The molecule has 0 aliphatic heterocycles. The highest BCUT2D eigenvalue weighted by molar-refractivity contribution is 6.02. The maximum atomic E-state index is 14.2. The van der Waals surface area contributed by atoms with Crippen molar-refractivity contribution < 1.29 is 42.9 Å². The summed E-state index contributed by atoms with van der Waals surface area (Å²) in [6, 6.07) is 40.3. The monoisotopic (exact) mass is 656 g/mol. The van der Waals surface area contributed by atoms with Gasteiger partial charge in [-0.2, -0.15) is 0 Å². The van der Waals surface area contributed by atoms with Crippen molar-refractivity contribution >= 4 is 29.7 Å². The summed E-state index contributed by atoms with van der Waals surface area (Å²) in [5, 5.41) is 0. The molecule has 246 valence electrons. The predicted molar refractivity (Wildman–Crippen MR) is 179 cm³/mol. The first-order chi connectivity index (χ1) is 23.9. The van der Waals surface area contributed by atoms with Crippen molar-refractivity contribution in [2.45, 2.75) is 24.7 Å². The number of hydrogen-bond donors (Lipinski definition) is 0. The van der Waals surface area contributed by atoms with E-state index in [0.29, 0.717) is 5.56 Å². The molecule has 0 radical (unpaired) electrons. The number of ether oxygens (including phenoxy) is 4. The second kappa shape index (κ2) is 17.0. The Bertz CT molecular complexity index is 1850. The van der Waals surface area contributed by atoms with Crippen LogP contribution in [0.5, 0.6) is 0 Å². The van der Waals surface area contributed by atoms with Gasteiger partial charge in [0.05, 0.1) is 28.9 Å². The van der Waals surface area contributed by atoms with Gasteiger partial charge in [-0.25, -0.2) is 19.2 Å². The fraction of sp³-hybridized carbons (Fsp3) is 0.125. The van der Waals surface area contributed by atoms with Gasteiger partial charge in [-0.05, 0) is 48.5 Å². The van der Waals surface area contributed by atoms with E-state index in [-0.39, 0.29) is 35.3 Å². The third-order valence-electron chi connectivity index (χ3n) is 7.39. The number of benzene rings is 5. The molecule has 0 saturated heterocycles. The summed E-state index contributed by atoms with van der Waals surface area (Å²) in [7, 11) is 0. The van der Waals surface area contributed by atoms with Crippen LogP contribution in [0.25, 0.3) is 0 Å². The van der Waals surface area contributed by atoms with Crippen molar-refractivity contribution in [2.24, 2.45) is 0 Å². The van der Waals surface area contributed by atoms with Crippen LogP contribution in [0.2, 0.25) is 0 Å². The molecule has 0 heterocycles. The van der Waals surface area contributed by atoms with E-state index in [0.717, 1.165) is 0 Å². The summed E-state index contributed by atoms with van der Waals surface area (Å²) in [5.74, 6) is -3.90. The first kappa shape index (κ1) is 34.0. The standard InChI is InChI=1S/C40H32O9/c41-34(28-16-6-1-7-17-28)36(49-40(45)32-24-14-5-15-25-32)35(48-39(44)31-22-12-4-13-23-31)33(47-38(43)30-20-10-3-11-21-30)26-27-46-37(42)29-18-8-2-9-19-29/h1-25,33,35-36H,26-27H2/t33-,35+,36+/m1/s1. The van der Waals surface area contributed by atoms with Gasteiger partial charge in [0.2, 0.25) is 11.9 Å². The maximum Gasteiger partial charge on any atom is 0.338 e. The van der Waals surface area contributed by atoms with Crippen LogP contribution >= 0.6 is 0 Å². The second-order valence-corrected chi connectivity index (χ2v) is 10.8. The minimum absolute atomic E-state index is 0.135. The maximum absolute atomic E-state index is 14.2. The summed E-state index contributed by atoms with van der Waals surface area (Å²) in [4.78, 5) is 67.6. The molecule has 9 heteroatoms.